The highest BCUT2D eigenvalue weighted by Crippen LogP contribution is 2.29. The molecule has 1 heterocycles. The number of anilines is 1. The fourth-order valence-corrected chi connectivity index (χ4v) is 3.73. The molecule has 0 aliphatic rings. The van der Waals surface area contributed by atoms with Gasteiger partial charge in [0.25, 0.3) is 5.56 Å². The lowest BCUT2D eigenvalue weighted by molar-refractivity contribution is -0.133. The summed E-state index contributed by atoms with van der Waals surface area (Å²) in [6, 6.07) is 9.04. The second-order valence-corrected chi connectivity index (χ2v) is 8.14. The first-order valence-electron chi connectivity index (χ1n) is 11.0. The van der Waals surface area contributed by atoms with E-state index < -0.39 is 0 Å². The quantitative estimate of drug-likeness (QED) is 0.520. The van der Waals surface area contributed by atoms with Crippen LogP contribution in [-0.4, -0.2) is 54.1 Å². The SMILES string of the molecule is COc1cc2ncn(CCCC(=O)N(C)CC(=O)Nc3c(C)cccc3C)c(=O)c2cc1OC. The van der Waals surface area contributed by atoms with Crippen molar-refractivity contribution in [2.45, 2.75) is 33.2 Å². The summed E-state index contributed by atoms with van der Waals surface area (Å²) in [6.45, 7) is 4.12. The number of aromatic nitrogens is 2. The number of para-hydroxylation sites is 1. The maximum Gasteiger partial charge on any atom is 0.261 e. The highest BCUT2D eigenvalue weighted by molar-refractivity contribution is 5.95. The molecule has 9 nitrogen and oxygen atoms in total. The Bertz CT molecular complexity index is 1250. The van der Waals surface area contributed by atoms with E-state index in [4.69, 9.17) is 9.47 Å². The van der Waals surface area contributed by atoms with Gasteiger partial charge in [-0.15, -0.1) is 0 Å². The van der Waals surface area contributed by atoms with Gasteiger partial charge in [0.2, 0.25) is 11.8 Å². The molecule has 180 valence electrons. The number of nitrogens with zero attached hydrogens (tertiary/aromatic N) is 3. The number of amides is 2. The summed E-state index contributed by atoms with van der Waals surface area (Å²) < 4.78 is 12.0. The Hall–Kier alpha value is -3.88. The van der Waals surface area contributed by atoms with E-state index in [-0.39, 0.29) is 30.3 Å². The van der Waals surface area contributed by atoms with Crippen LogP contribution in [0.5, 0.6) is 11.5 Å². The van der Waals surface area contributed by atoms with Gasteiger partial charge in [-0.05, 0) is 37.5 Å². The van der Waals surface area contributed by atoms with Gasteiger partial charge in [0.05, 0.1) is 38.0 Å². The van der Waals surface area contributed by atoms with Crippen molar-refractivity contribution in [3.05, 3.63) is 58.1 Å². The summed E-state index contributed by atoms with van der Waals surface area (Å²) in [5.74, 6) is 0.509. The van der Waals surface area contributed by atoms with Crippen LogP contribution in [0, 0.1) is 13.8 Å². The maximum absolute atomic E-state index is 12.9. The van der Waals surface area contributed by atoms with E-state index in [0.717, 1.165) is 16.8 Å². The smallest absolute Gasteiger partial charge is 0.261 e. The highest BCUT2D eigenvalue weighted by Gasteiger charge is 2.15. The average molecular weight is 467 g/mol. The Labute approximate surface area is 198 Å². The first kappa shape index (κ1) is 24.8. The molecule has 3 aromatic rings. The maximum atomic E-state index is 12.9. The Morgan fingerprint density at radius 1 is 1.09 bits per heavy atom. The van der Waals surface area contributed by atoms with E-state index in [9.17, 15) is 14.4 Å². The van der Waals surface area contributed by atoms with Gasteiger partial charge in [-0.25, -0.2) is 4.98 Å². The molecular weight excluding hydrogens is 436 g/mol. The predicted molar refractivity (Wildman–Crippen MR) is 131 cm³/mol. The third-order valence-corrected chi connectivity index (χ3v) is 5.67. The lowest BCUT2D eigenvalue weighted by atomic mass is 10.1. The zero-order chi connectivity index (χ0) is 24.8. The molecule has 0 unspecified atom stereocenters. The molecular formula is C25H30N4O5. The van der Waals surface area contributed by atoms with Crippen molar-refractivity contribution < 1.29 is 19.1 Å². The summed E-state index contributed by atoms with van der Waals surface area (Å²) in [5.41, 5.74) is 2.98. The lowest BCUT2D eigenvalue weighted by Gasteiger charge is -2.18. The number of carbonyl (C=O) groups is 2. The zero-order valence-corrected chi connectivity index (χ0v) is 20.2. The molecule has 0 saturated heterocycles. The van der Waals surface area contributed by atoms with Gasteiger partial charge in [-0.2, -0.15) is 0 Å². The third kappa shape index (κ3) is 5.54. The number of hydrogen-bond donors (Lipinski definition) is 1. The van der Waals surface area contributed by atoms with E-state index in [1.807, 2.05) is 32.0 Å². The van der Waals surface area contributed by atoms with Crippen molar-refractivity contribution in [1.29, 1.82) is 0 Å². The van der Waals surface area contributed by atoms with Gasteiger partial charge in [0.1, 0.15) is 0 Å². The van der Waals surface area contributed by atoms with Crippen molar-refractivity contribution >= 4 is 28.4 Å². The number of aryl methyl sites for hydroxylation is 3. The van der Waals surface area contributed by atoms with Gasteiger partial charge >= 0.3 is 0 Å². The van der Waals surface area contributed by atoms with Crippen LogP contribution in [0.2, 0.25) is 0 Å². The molecule has 9 heteroatoms. The van der Waals surface area contributed by atoms with Crippen LogP contribution in [0.15, 0.2) is 41.5 Å². The molecule has 0 radical (unpaired) electrons. The van der Waals surface area contributed by atoms with E-state index >= 15 is 0 Å². The van der Waals surface area contributed by atoms with Crippen molar-refractivity contribution in [1.82, 2.24) is 14.5 Å². The number of rotatable bonds is 9. The molecule has 1 N–H and O–H groups in total. The van der Waals surface area contributed by atoms with Crippen LogP contribution in [-0.2, 0) is 16.1 Å². The van der Waals surface area contributed by atoms with Crippen LogP contribution >= 0.6 is 0 Å². The number of fused-ring (bicyclic) bond motifs is 1. The third-order valence-electron chi connectivity index (χ3n) is 5.67. The second-order valence-electron chi connectivity index (χ2n) is 8.14. The Morgan fingerprint density at radius 2 is 1.74 bits per heavy atom. The van der Waals surface area contributed by atoms with Crippen LogP contribution in [0.25, 0.3) is 10.9 Å². The zero-order valence-electron chi connectivity index (χ0n) is 20.2. The van der Waals surface area contributed by atoms with Crippen molar-refractivity contribution in [2.75, 3.05) is 33.1 Å². The molecule has 1 aromatic heterocycles. The molecule has 0 aliphatic carbocycles. The number of nitrogens with one attached hydrogen (secondary N) is 1. The number of methoxy groups -OCH3 is 2. The summed E-state index contributed by atoms with van der Waals surface area (Å²) in [5, 5.41) is 3.29. The van der Waals surface area contributed by atoms with Crippen LogP contribution in [0.4, 0.5) is 5.69 Å². The topological polar surface area (TPSA) is 103 Å². The number of carbonyl (C=O) groups excluding carboxylic acids is 2. The normalized spacial score (nSPS) is 10.7. The molecule has 3 rings (SSSR count). The summed E-state index contributed by atoms with van der Waals surface area (Å²) >= 11 is 0. The van der Waals surface area contributed by atoms with Gasteiger partial charge in [-0.3, -0.25) is 19.0 Å². The Morgan fingerprint density at radius 3 is 2.38 bits per heavy atom. The largest absolute Gasteiger partial charge is 0.493 e. The van der Waals surface area contributed by atoms with E-state index in [1.54, 1.807) is 19.2 Å². The molecule has 0 saturated carbocycles. The number of ether oxygens (including phenoxy) is 2. The molecule has 2 aromatic carbocycles. The first-order valence-corrected chi connectivity index (χ1v) is 11.0. The van der Waals surface area contributed by atoms with Crippen LogP contribution in [0.3, 0.4) is 0 Å². The fourth-order valence-electron chi connectivity index (χ4n) is 3.73. The van der Waals surface area contributed by atoms with Crippen molar-refractivity contribution in [2.24, 2.45) is 0 Å². The predicted octanol–water partition coefficient (Wildman–Crippen LogP) is 2.91. The minimum absolute atomic E-state index is 0.0499. The monoisotopic (exact) mass is 466 g/mol. The lowest BCUT2D eigenvalue weighted by Crippen LogP contribution is -2.35. The summed E-state index contributed by atoms with van der Waals surface area (Å²) in [6.07, 6.45) is 2.09. The molecule has 34 heavy (non-hydrogen) atoms. The summed E-state index contributed by atoms with van der Waals surface area (Å²) in [4.78, 5) is 43.5. The molecule has 0 bridgehead atoms. The molecule has 2 amide bonds. The molecule has 0 spiro atoms. The number of benzene rings is 2. The van der Waals surface area contributed by atoms with Crippen molar-refractivity contribution in [3.63, 3.8) is 0 Å². The standard InChI is InChI=1S/C25H30N4O5/c1-16-8-6-9-17(2)24(16)27-22(30)14-28(3)23(31)10-7-11-29-15-26-19-13-21(34-5)20(33-4)12-18(19)25(29)32/h6,8-9,12-13,15H,7,10-11,14H2,1-5H3,(H,27,30). The Kier molecular flexibility index (Phi) is 7.88. The number of likely N-dealkylation sites (N-methyl/N-ethyl adjacent to an activating group) is 1. The van der Waals surface area contributed by atoms with Crippen molar-refractivity contribution in [3.8, 4) is 11.5 Å². The van der Waals surface area contributed by atoms with Gasteiger partial charge in [0, 0.05) is 31.8 Å². The van der Waals surface area contributed by atoms with Gasteiger partial charge < -0.3 is 19.7 Å². The average Bonchev–Trinajstić information content (AvgIpc) is 2.82. The highest BCUT2D eigenvalue weighted by atomic mass is 16.5. The molecule has 0 fully saturated rings. The number of hydrogen-bond acceptors (Lipinski definition) is 6. The second kappa shape index (κ2) is 10.8. The van der Waals surface area contributed by atoms with Crippen LogP contribution < -0.4 is 20.3 Å². The van der Waals surface area contributed by atoms with E-state index in [0.29, 0.717) is 35.4 Å². The Balaban J connectivity index is 1.58. The molecule has 0 aliphatic heterocycles. The minimum Gasteiger partial charge on any atom is -0.493 e. The summed E-state index contributed by atoms with van der Waals surface area (Å²) in [7, 11) is 4.62. The van der Waals surface area contributed by atoms with Gasteiger partial charge in [0.15, 0.2) is 11.5 Å². The molecule has 0 atom stereocenters. The fraction of sp³-hybridized carbons (Fsp3) is 0.360. The first-order chi connectivity index (χ1) is 16.2. The van der Waals surface area contributed by atoms with E-state index in [2.05, 4.69) is 10.3 Å². The van der Waals surface area contributed by atoms with Gasteiger partial charge in [-0.1, -0.05) is 18.2 Å². The minimum atomic E-state index is -0.257. The van der Waals surface area contributed by atoms with E-state index in [1.165, 1.54) is 30.0 Å². The van der Waals surface area contributed by atoms with Crippen LogP contribution in [0.1, 0.15) is 24.0 Å².